The number of carbonyl (C=O) groups is 1. The summed E-state index contributed by atoms with van der Waals surface area (Å²) in [5.41, 5.74) is 0. The van der Waals surface area contributed by atoms with Crippen LogP contribution in [0.4, 0.5) is 0 Å². The Balaban J connectivity index is 4.87. The van der Waals surface area contributed by atoms with Crippen molar-refractivity contribution in [3.8, 4) is 0 Å². The van der Waals surface area contributed by atoms with Crippen LogP contribution in [-0.2, 0) is 21.3 Å². The Morgan fingerprint density at radius 3 is 2.22 bits per heavy atom. The summed E-state index contributed by atoms with van der Waals surface area (Å²) in [5, 5.41) is 12.8. The molecule has 0 aromatic heterocycles. The van der Waals surface area contributed by atoms with E-state index in [-0.39, 0.29) is 0 Å². The Morgan fingerprint density at radius 2 is 1.83 bits per heavy atom. The molecule has 8 heteroatoms. The van der Waals surface area contributed by atoms with Gasteiger partial charge in [-0.25, -0.2) is 0 Å². The van der Waals surface area contributed by atoms with Gasteiger partial charge in [-0.3, -0.25) is 10.1 Å². The van der Waals surface area contributed by atoms with Crippen molar-refractivity contribution in [1.29, 1.82) is 0 Å². The molecule has 0 amide bonds. The second-order valence-electron chi connectivity index (χ2n) is 5.10. The highest BCUT2D eigenvalue weighted by Crippen LogP contribution is 2.45. The van der Waals surface area contributed by atoms with Crippen molar-refractivity contribution in [2.45, 2.75) is 62.9 Å². The van der Waals surface area contributed by atoms with E-state index in [0.717, 1.165) is 44.5 Å². The standard InChI is InChI=1S/C15H30NO3PS3/c1-4-7-11-22-15(20-21,23-12-8-5-2)16-13(14(17)18)9-10-19-6-3/h13,16H,4-12H2,1-3H3,(H,17,18). The van der Waals surface area contributed by atoms with Gasteiger partial charge in [0.2, 0.25) is 0 Å². The maximum atomic E-state index is 11.6. The predicted molar refractivity (Wildman–Crippen MR) is 107 cm³/mol. The first-order valence-electron chi connectivity index (χ1n) is 8.25. The molecule has 0 aliphatic carbocycles. The monoisotopic (exact) mass is 399 g/mol. The minimum atomic E-state index is -0.833. The van der Waals surface area contributed by atoms with Crippen molar-refractivity contribution >= 4 is 48.7 Å². The molecule has 136 valence electrons. The zero-order chi connectivity index (χ0) is 17.6. The normalized spacial score (nSPS) is 13.3. The maximum absolute atomic E-state index is 11.6. The molecule has 0 aromatic carbocycles. The lowest BCUT2D eigenvalue weighted by Gasteiger charge is -2.32. The molecule has 0 spiro atoms. The summed E-state index contributed by atoms with van der Waals surface area (Å²) in [4.78, 5) is 11.6. The molecule has 0 saturated heterocycles. The van der Waals surface area contributed by atoms with E-state index in [2.05, 4.69) is 19.2 Å². The molecule has 1 unspecified atom stereocenters. The number of ether oxygens (including phenoxy) is 1. The van der Waals surface area contributed by atoms with Crippen LogP contribution in [0.3, 0.4) is 0 Å². The number of carboxylic acids is 1. The van der Waals surface area contributed by atoms with E-state index < -0.39 is 16.0 Å². The summed E-state index contributed by atoms with van der Waals surface area (Å²) < 4.78 is 4.89. The van der Waals surface area contributed by atoms with Crippen LogP contribution < -0.4 is 5.32 Å². The van der Waals surface area contributed by atoms with Gasteiger partial charge in [-0.2, -0.15) is 0 Å². The second-order valence-corrected chi connectivity index (χ2v) is 9.98. The first kappa shape index (κ1) is 23.6. The fourth-order valence-corrected chi connectivity index (χ4v) is 6.73. The molecular formula is C15H30NO3PS3. The number of thioether (sulfide) groups is 2. The fourth-order valence-electron chi connectivity index (χ4n) is 1.74. The van der Waals surface area contributed by atoms with E-state index in [1.54, 1.807) is 23.5 Å². The Morgan fingerprint density at radius 1 is 1.26 bits per heavy atom. The van der Waals surface area contributed by atoms with Crippen molar-refractivity contribution in [1.82, 2.24) is 5.32 Å². The average Bonchev–Trinajstić information content (AvgIpc) is 2.54. The number of hydrogen-bond donors (Lipinski definition) is 2. The van der Waals surface area contributed by atoms with Crippen molar-refractivity contribution in [3.05, 3.63) is 0 Å². The van der Waals surface area contributed by atoms with Crippen molar-refractivity contribution in [3.63, 3.8) is 0 Å². The van der Waals surface area contributed by atoms with Crippen LogP contribution in [0, 0.1) is 0 Å². The molecule has 2 N–H and O–H groups in total. The van der Waals surface area contributed by atoms with Crippen LogP contribution in [0.2, 0.25) is 0 Å². The lowest BCUT2D eigenvalue weighted by atomic mass is 10.2. The zero-order valence-electron chi connectivity index (χ0n) is 14.4. The molecule has 0 aliphatic heterocycles. The molecule has 0 fully saturated rings. The number of aliphatic carboxylic acids is 1. The Labute approximate surface area is 156 Å². The first-order chi connectivity index (χ1) is 11.0. The summed E-state index contributed by atoms with van der Waals surface area (Å²) in [6, 6.07) is -0.625. The predicted octanol–water partition coefficient (Wildman–Crippen LogP) is 4.54. The number of nitrogens with one attached hydrogen (secondary N) is 1. The third-order valence-corrected chi connectivity index (χ3v) is 9.04. The summed E-state index contributed by atoms with van der Waals surface area (Å²) in [5.74, 6) is 1.15. The summed E-state index contributed by atoms with van der Waals surface area (Å²) in [7, 11) is 0.762. The molecule has 0 radical (unpaired) electrons. The van der Waals surface area contributed by atoms with Crippen LogP contribution >= 0.6 is 30.9 Å². The third kappa shape index (κ3) is 11.0. The van der Waals surface area contributed by atoms with E-state index in [1.807, 2.05) is 6.92 Å². The molecule has 0 heterocycles. The van der Waals surface area contributed by atoms with Gasteiger partial charge in [0.25, 0.3) is 0 Å². The highest BCUT2D eigenvalue weighted by Gasteiger charge is 2.34. The average molecular weight is 400 g/mol. The van der Waals surface area contributed by atoms with Crippen LogP contribution in [0.25, 0.3) is 0 Å². The Bertz CT molecular complexity index is 325. The SMILES string of the molecule is CCCCSC(NC(CCOCC)C(=O)O)(P=S)SCCCC. The van der Waals surface area contributed by atoms with Gasteiger partial charge < -0.3 is 9.84 Å². The summed E-state index contributed by atoms with van der Waals surface area (Å²) in [6.07, 6.45) is 4.94. The van der Waals surface area contributed by atoms with E-state index in [9.17, 15) is 9.90 Å². The highest BCUT2D eigenvalue weighted by molar-refractivity contribution is 8.27. The zero-order valence-corrected chi connectivity index (χ0v) is 17.7. The number of hydrogen-bond acceptors (Lipinski definition) is 6. The molecule has 0 saturated carbocycles. The first-order valence-corrected chi connectivity index (χ1v) is 12.1. The van der Waals surface area contributed by atoms with E-state index in [1.165, 1.54) is 0 Å². The molecule has 0 bridgehead atoms. The van der Waals surface area contributed by atoms with Gasteiger partial charge in [-0.05, 0) is 37.7 Å². The molecule has 0 aromatic rings. The largest absolute Gasteiger partial charge is 0.480 e. The maximum Gasteiger partial charge on any atom is 0.320 e. The fraction of sp³-hybridized carbons (Fsp3) is 0.933. The number of rotatable bonds is 16. The van der Waals surface area contributed by atoms with Gasteiger partial charge in [0, 0.05) is 20.6 Å². The lowest BCUT2D eigenvalue weighted by Crippen LogP contribution is -2.47. The molecule has 1 atom stereocenters. The Kier molecular flexibility index (Phi) is 15.3. The topological polar surface area (TPSA) is 58.6 Å². The van der Waals surface area contributed by atoms with Crippen LogP contribution in [-0.4, -0.2) is 45.8 Å². The van der Waals surface area contributed by atoms with Gasteiger partial charge in [0.1, 0.15) is 6.04 Å². The lowest BCUT2D eigenvalue weighted by molar-refractivity contribution is -0.140. The number of unbranched alkanes of at least 4 members (excludes halogenated alkanes) is 2. The van der Waals surface area contributed by atoms with Gasteiger partial charge in [-0.15, -0.1) is 23.5 Å². The van der Waals surface area contributed by atoms with E-state index in [0.29, 0.717) is 19.6 Å². The Hall–Kier alpha value is 0.610. The minimum absolute atomic E-state index is 0.422. The van der Waals surface area contributed by atoms with Crippen molar-refractivity contribution < 1.29 is 14.6 Å². The number of carboxylic acid groups (broad SMARTS) is 1. The quantitative estimate of drug-likeness (QED) is 0.224. The second kappa shape index (κ2) is 14.9. The van der Waals surface area contributed by atoms with Gasteiger partial charge in [0.15, 0.2) is 3.94 Å². The molecule has 0 aliphatic rings. The van der Waals surface area contributed by atoms with Crippen molar-refractivity contribution in [2.24, 2.45) is 0 Å². The summed E-state index contributed by atoms with van der Waals surface area (Å²) in [6.45, 7) is 7.29. The van der Waals surface area contributed by atoms with Crippen LogP contribution in [0.15, 0.2) is 0 Å². The van der Waals surface area contributed by atoms with Crippen LogP contribution in [0.1, 0.15) is 52.9 Å². The third-order valence-electron chi connectivity index (χ3n) is 3.12. The van der Waals surface area contributed by atoms with Crippen molar-refractivity contribution in [2.75, 3.05) is 24.7 Å². The van der Waals surface area contributed by atoms with Crippen LogP contribution in [0.5, 0.6) is 0 Å². The molecular weight excluding hydrogens is 369 g/mol. The van der Waals surface area contributed by atoms with E-state index in [4.69, 9.17) is 16.5 Å². The highest BCUT2D eigenvalue weighted by atomic mass is 32.4. The molecule has 4 nitrogen and oxygen atoms in total. The molecule has 23 heavy (non-hydrogen) atoms. The van der Waals surface area contributed by atoms with Gasteiger partial charge in [-0.1, -0.05) is 38.5 Å². The molecule has 0 rings (SSSR count). The van der Waals surface area contributed by atoms with E-state index >= 15 is 0 Å². The van der Waals surface area contributed by atoms with Gasteiger partial charge >= 0.3 is 5.97 Å². The summed E-state index contributed by atoms with van der Waals surface area (Å²) >= 11 is 8.89. The minimum Gasteiger partial charge on any atom is -0.480 e. The smallest absolute Gasteiger partial charge is 0.320 e. The van der Waals surface area contributed by atoms with Gasteiger partial charge in [0.05, 0.1) is 0 Å².